The summed E-state index contributed by atoms with van der Waals surface area (Å²) in [5.41, 5.74) is 0.822. The van der Waals surface area contributed by atoms with Crippen molar-refractivity contribution in [3.05, 3.63) is 17.6 Å². The molecule has 0 fully saturated rings. The topological polar surface area (TPSA) is 37.3 Å². The molecular formula is C7H11O2. The van der Waals surface area contributed by atoms with Crippen LogP contribution in [-0.4, -0.2) is 11.1 Å². The highest BCUT2D eigenvalue weighted by Crippen LogP contribution is 2.08. The van der Waals surface area contributed by atoms with Gasteiger partial charge in [-0.25, -0.2) is 4.79 Å². The van der Waals surface area contributed by atoms with Crippen LogP contribution in [-0.2, 0) is 4.79 Å². The Labute approximate surface area is 55.2 Å². The zero-order chi connectivity index (χ0) is 7.44. The van der Waals surface area contributed by atoms with Crippen molar-refractivity contribution in [2.45, 2.75) is 20.8 Å². The fourth-order valence-corrected chi connectivity index (χ4v) is 0.330. The van der Waals surface area contributed by atoms with Crippen LogP contribution in [0.3, 0.4) is 0 Å². The molecule has 2 nitrogen and oxygen atoms in total. The van der Waals surface area contributed by atoms with Crippen LogP contribution in [0, 0.1) is 5.92 Å². The van der Waals surface area contributed by atoms with Crippen LogP contribution in [0.4, 0.5) is 0 Å². The van der Waals surface area contributed by atoms with E-state index >= 15 is 0 Å². The first-order valence-corrected chi connectivity index (χ1v) is 2.76. The minimum absolute atomic E-state index is 0.822. The summed E-state index contributed by atoms with van der Waals surface area (Å²) in [6.07, 6.45) is 1.20. The molecule has 0 aliphatic rings. The van der Waals surface area contributed by atoms with Gasteiger partial charge in [0.05, 0.1) is 0 Å². The second kappa shape index (κ2) is 3.28. The fourth-order valence-electron chi connectivity index (χ4n) is 0.330. The molecule has 0 aromatic carbocycles. The minimum atomic E-state index is -0.881. The number of carboxylic acids is 1. The van der Waals surface area contributed by atoms with Gasteiger partial charge in [-0.2, -0.15) is 0 Å². The van der Waals surface area contributed by atoms with Gasteiger partial charge < -0.3 is 5.11 Å². The van der Waals surface area contributed by atoms with Crippen molar-refractivity contribution in [1.29, 1.82) is 0 Å². The molecule has 0 aliphatic carbocycles. The summed E-state index contributed by atoms with van der Waals surface area (Å²) in [5.74, 6) is 0.158. The van der Waals surface area contributed by atoms with E-state index in [-0.39, 0.29) is 0 Å². The van der Waals surface area contributed by atoms with Gasteiger partial charge in [-0.15, -0.1) is 0 Å². The summed E-state index contributed by atoms with van der Waals surface area (Å²) >= 11 is 0. The lowest BCUT2D eigenvalue weighted by Crippen LogP contribution is -1.93. The third-order valence-electron chi connectivity index (χ3n) is 1.13. The third-order valence-corrected chi connectivity index (χ3v) is 1.13. The van der Waals surface area contributed by atoms with Gasteiger partial charge in [-0.1, -0.05) is 19.4 Å². The molecule has 0 saturated heterocycles. The molecule has 9 heavy (non-hydrogen) atoms. The number of hydrogen-bond donors (Lipinski definition) is 1. The molecule has 1 N–H and O–H groups in total. The zero-order valence-electron chi connectivity index (χ0n) is 5.93. The van der Waals surface area contributed by atoms with E-state index in [0.29, 0.717) is 0 Å². The molecule has 0 aromatic rings. The van der Waals surface area contributed by atoms with E-state index in [2.05, 4.69) is 0 Å². The van der Waals surface area contributed by atoms with Gasteiger partial charge in [0.25, 0.3) is 0 Å². The highest BCUT2D eigenvalue weighted by Gasteiger charge is 1.98. The lowest BCUT2D eigenvalue weighted by atomic mass is 10.1. The van der Waals surface area contributed by atoms with Crippen LogP contribution in [0.15, 0.2) is 11.6 Å². The average molecular weight is 127 g/mol. The second-order valence-corrected chi connectivity index (χ2v) is 2.17. The molecule has 0 amide bonds. The summed E-state index contributed by atoms with van der Waals surface area (Å²) in [5, 5.41) is 8.24. The van der Waals surface area contributed by atoms with Crippen molar-refractivity contribution >= 4 is 5.97 Å². The number of hydrogen-bond acceptors (Lipinski definition) is 1. The molecule has 0 spiro atoms. The van der Waals surface area contributed by atoms with E-state index in [0.717, 1.165) is 11.5 Å². The van der Waals surface area contributed by atoms with Crippen molar-refractivity contribution in [2.75, 3.05) is 0 Å². The second-order valence-electron chi connectivity index (χ2n) is 2.17. The van der Waals surface area contributed by atoms with Crippen LogP contribution >= 0.6 is 0 Å². The number of allylic oxidation sites excluding steroid dienone is 1. The van der Waals surface area contributed by atoms with Gasteiger partial charge in [0, 0.05) is 6.08 Å². The monoisotopic (exact) mass is 127 g/mol. The molecule has 0 saturated carbocycles. The van der Waals surface area contributed by atoms with Crippen LogP contribution in [0.2, 0.25) is 0 Å². The van der Waals surface area contributed by atoms with Crippen molar-refractivity contribution in [1.82, 2.24) is 0 Å². The maximum Gasteiger partial charge on any atom is 0.328 e. The van der Waals surface area contributed by atoms with Crippen molar-refractivity contribution < 1.29 is 9.90 Å². The van der Waals surface area contributed by atoms with Crippen molar-refractivity contribution in [3.63, 3.8) is 0 Å². The summed E-state index contributed by atoms with van der Waals surface area (Å²) in [4.78, 5) is 10.0. The Hall–Kier alpha value is -0.790. The molecule has 0 atom stereocenters. The van der Waals surface area contributed by atoms with E-state index in [1.807, 2.05) is 13.8 Å². The molecule has 0 bridgehead atoms. The highest BCUT2D eigenvalue weighted by molar-refractivity contribution is 5.81. The zero-order valence-corrected chi connectivity index (χ0v) is 5.93. The predicted octanol–water partition coefficient (Wildman–Crippen LogP) is 1.63. The Morgan fingerprint density at radius 1 is 1.33 bits per heavy atom. The van der Waals surface area contributed by atoms with Gasteiger partial charge in [0.1, 0.15) is 0 Å². The van der Waals surface area contributed by atoms with Crippen molar-refractivity contribution in [3.8, 4) is 0 Å². The predicted molar refractivity (Wildman–Crippen MR) is 36.0 cm³/mol. The van der Waals surface area contributed by atoms with Gasteiger partial charge >= 0.3 is 5.97 Å². The summed E-state index contributed by atoms with van der Waals surface area (Å²) in [6, 6.07) is 0. The van der Waals surface area contributed by atoms with E-state index < -0.39 is 5.97 Å². The van der Waals surface area contributed by atoms with Gasteiger partial charge in [0.2, 0.25) is 0 Å². The lowest BCUT2D eigenvalue weighted by molar-refractivity contribution is -0.131. The molecule has 0 heterocycles. The normalized spacial score (nSPS) is 12.2. The molecule has 0 aromatic heterocycles. The molecular weight excluding hydrogens is 116 g/mol. The summed E-state index contributed by atoms with van der Waals surface area (Å²) < 4.78 is 0. The molecule has 0 unspecified atom stereocenters. The summed E-state index contributed by atoms with van der Waals surface area (Å²) in [6.45, 7) is 5.55. The lowest BCUT2D eigenvalue weighted by Gasteiger charge is -2.00. The Kier molecular flexibility index (Phi) is 2.99. The minimum Gasteiger partial charge on any atom is -0.478 e. The van der Waals surface area contributed by atoms with Crippen molar-refractivity contribution in [2.24, 2.45) is 0 Å². The molecule has 0 rings (SSSR count). The maximum atomic E-state index is 10.0. The number of carbonyl (C=O) groups is 1. The standard InChI is InChI=1S/C7H11O2/c1-5(2)6(3)4-7(8)9/h4H,1-3H3,(H,8,9)/b6-4+. The van der Waals surface area contributed by atoms with E-state index in [9.17, 15) is 4.79 Å². The Bertz CT molecular complexity index is 134. The summed E-state index contributed by atoms with van der Waals surface area (Å²) in [7, 11) is 0. The Morgan fingerprint density at radius 3 is 1.89 bits per heavy atom. The van der Waals surface area contributed by atoms with Crippen LogP contribution in [0.1, 0.15) is 20.8 Å². The largest absolute Gasteiger partial charge is 0.478 e. The van der Waals surface area contributed by atoms with E-state index in [4.69, 9.17) is 5.11 Å². The van der Waals surface area contributed by atoms with E-state index in [1.54, 1.807) is 6.92 Å². The van der Waals surface area contributed by atoms with Gasteiger partial charge in [-0.3, -0.25) is 0 Å². The fraction of sp³-hybridized carbons (Fsp3) is 0.429. The van der Waals surface area contributed by atoms with E-state index in [1.165, 1.54) is 6.08 Å². The number of rotatable bonds is 2. The SMILES string of the molecule is C[C](C)/C(C)=C/C(=O)O. The Balaban J connectivity index is 4.00. The first-order valence-electron chi connectivity index (χ1n) is 2.76. The Morgan fingerprint density at radius 2 is 1.78 bits per heavy atom. The molecule has 1 radical (unpaired) electrons. The quantitative estimate of drug-likeness (QED) is 0.572. The van der Waals surface area contributed by atoms with Crippen LogP contribution in [0.5, 0.6) is 0 Å². The molecule has 0 aliphatic heterocycles. The van der Waals surface area contributed by atoms with Crippen LogP contribution < -0.4 is 0 Å². The third kappa shape index (κ3) is 3.76. The first kappa shape index (κ1) is 8.21. The average Bonchev–Trinajstić information content (AvgIpc) is 1.63. The smallest absolute Gasteiger partial charge is 0.328 e. The van der Waals surface area contributed by atoms with Gasteiger partial charge in [0.15, 0.2) is 0 Å². The number of carboxylic acid groups (broad SMARTS) is 1. The molecule has 51 valence electrons. The first-order chi connectivity index (χ1) is 4.04. The number of aliphatic carboxylic acids is 1. The van der Waals surface area contributed by atoms with Crippen LogP contribution in [0.25, 0.3) is 0 Å². The highest BCUT2D eigenvalue weighted by atomic mass is 16.4. The maximum absolute atomic E-state index is 10.0. The van der Waals surface area contributed by atoms with Gasteiger partial charge in [-0.05, 0) is 12.8 Å². The molecule has 2 heteroatoms.